The molecule has 1 aliphatic heterocycles. The number of rotatable bonds is 3. The molecule has 28 heavy (non-hydrogen) atoms. The van der Waals surface area contributed by atoms with Crippen molar-refractivity contribution >= 4 is 29.3 Å². The van der Waals surface area contributed by atoms with E-state index in [-0.39, 0.29) is 18.0 Å². The van der Waals surface area contributed by atoms with Gasteiger partial charge in [0.05, 0.1) is 0 Å². The zero-order valence-corrected chi connectivity index (χ0v) is 17.2. The first-order chi connectivity index (χ1) is 13.2. The second-order valence-electron chi connectivity index (χ2n) is 7.96. The lowest BCUT2D eigenvalue weighted by molar-refractivity contribution is 0.0187. The number of nitrogens with zero attached hydrogens (tertiary/aromatic N) is 2. The van der Waals surface area contributed by atoms with Gasteiger partial charge in [0.1, 0.15) is 11.3 Å². The van der Waals surface area contributed by atoms with Gasteiger partial charge in [-0.25, -0.2) is 4.79 Å². The monoisotopic (exact) mass is 403 g/mol. The number of aromatic nitrogens is 1. The van der Waals surface area contributed by atoms with Crippen molar-refractivity contribution in [3.05, 3.63) is 53.3 Å². The first kappa shape index (κ1) is 20.3. The van der Waals surface area contributed by atoms with Crippen molar-refractivity contribution in [3.8, 4) is 0 Å². The lowest BCUT2D eigenvalue weighted by Gasteiger charge is -2.34. The second kappa shape index (κ2) is 8.27. The fourth-order valence-electron chi connectivity index (χ4n) is 3.32. The highest BCUT2D eigenvalue weighted by molar-refractivity contribution is 6.30. The lowest BCUT2D eigenvalue weighted by atomic mass is 10.0. The maximum atomic E-state index is 12.7. The zero-order valence-electron chi connectivity index (χ0n) is 16.4. The molecule has 1 aromatic carbocycles. The fourth-order valence-corrected chi connectivity index (χ4v) is 3.51. The predicted molar refractivity (Wildman–Crippen MR) is 110 cm³/mol. The third-order valence-electron chi connectivity index (χ3n) is 4.60. The van der Waals surface area contributed by atoms with E-state index >= 15 is 0 Å². The van der Waals surface area contributed by atoms with Crippen LogP contribution in [0, 0.1) is 0 Å². The molecular formula is C21H26ClN3O3. The molecular weight excluding hydrogens is 378 g/mol. The number of piperidine rings is 1. The molecule has 2 aromatic rings. The van der Waals surface area contributed by atoms with E-state index in [1.807, 2.05) is 37.6 Å². The summed E-state index contributed by atoms with van der Waals surface area (Å²) in [7, 11) is 0. The van der Waals surface area contributed by atoms with Crippen LogP contribution in [0.25, 0.3) is 0 Å². The summed E-state index contributed by atoms with van der Waals surface area (Å²) >= 11 is 5.99. The molecule has 0 atom stereocenters. The second-order valence-corrected chi connectivity index (χ2v) is 8.40. The smallest absolute Gasteiger partial charge is 0.410 e. The molecule has 0 saturated carbocycles. The molecule has 0 unspecified atom stereocenters. The fraction of sp³-hybridized carbons (Fsp3) is 0.429. The third-order valence-corrected chi connectivity index (χ3v) is 4.84. The van der Waals surface area contributed by atoms with E-state index in [1.54, 1.807) is 35.2 Å². The Labute approximate surface area is 170 Å². The van der Waals surface area contributed by atoms with Gasteiger partial charge in [0.15, 0.2) is 0 Å². The van der Waals surface area contributed by atoms with Gasteiger partial charge in [-0.2, -0.15) is 0 Å². The van der Waals surface area contributed by atoms with Crippen LogP contribution in [0.2, 0.25) is 5.02 Å². The number of likely N-dealkylation sites (tertiary alicyclic amines) is 1. The van der Waals surface area contributed by atoms with Gasteiger partial charge >= 0.3 is 6.09 Å². The SMILES string of the molecule is CC(C)(C)OC(=O)N1CCC(n2cccc2C(=O)Nc2cccc(Cl)c2)CC1. The molecule has 0 bridgehead atoms. The predicted octanol–water partition coefficient (Wildman–Crippen LogP) is 4.97. The molecule has 1 saturated heterocycles. The van der Waals surface area contributed by atoms with Crippen LogP contribution in [0.1, 0.15) is 50.1 Å². The number of ether oxygens (including phenoxy) is 1. The van der Waals surface area contributed by atoms with E-state index in [0.717, 1.165) is 12.8 Å². The van der Waals surface area contributed by atoms with E-state index in [4.69, 9.17) is 16.3 Å². The van der Waals surface area contributed by atoms with Gasteiger partial charge in [-0.05, 0) is 63.9 Å². The van der Waals surface area contributed by atoms with Crippen molar-refractivity contribution in [2.75, 3.05) is 18.4 Å². The van der Waals surface area contributed by atoms with Crippen molar-refractivity contribution in [2.45, 2.75) is 45.3 Å². The van der Waals surface area contributed by atoms with Crippen molar-refractivity contribution in [3.63, 3.8) is 0 Å². The maximum absolute atomic E-state index is 12.7. The van der Waals surface area contributed by atoms with Gasteiger partial charge in [0.25, 0.3) is 5.91 Å². The summed E-state index contributed by atoms with van der Waals surface area (Å²) in [6.07, 6.45) is 3.18. The topological polar surface area (TPSA) is 63.6 Å². The van der Waals surface area contributed by atoms with Gasteiger partial charge < -0.3 is 19.5 Å². The third kappa shape index (κ3) is 5.07. The highest BCUT2D eigenvalue weighted by Crippen LogP contribution is 2.26. The van der Waals surface area contributed by atoms with Gasteiger partial charge in [0.2, 0.25) is 0 Å². The first-order valence-corrected chi connectivity index (χ1v) is 9.82. The number of benzene rings is 1. The summed E-state index contributed by atoms with van der Waals surface area (Å²) in [5.41, 5.74) is 0.751. The highest BCUT2D eigenvalue weighted by atomic mass is 35.5. The van der Waals surface area contributed by atoms with Crippen molar-refractivity contribution in [1.82, 2.24) is 9.47 Å². The number of nitrogens with one attached hydrogen (secondary N) is 1. The van der Waals surface area contributed by atoms with Gasteiger partial charge in [-0.3, -0.25) is 4.79 Å². The molecule has 0 radical (unpaired) electrons. The zero-order chi connectivity index (χ0) is 20.3. The summed E-state index contributed by atoms with van der Waals surface area (Å²) in [6.45, 7) is 6.80. The minimum atomic E-state index is -0.500. The summed E-state index contributed by atoms with van der Waals surface area (Å²) in [4.78, 5) is 26.7. The Morgan fingerprint density at radius 2 is 1.86 bits per heavy atom. The molecule has 0 aliphatic carbocycles. The Hall–Kier alpha value is -2.47. The average molecular weight is 404 g/mol. The number of halogens is 1. The van der Waals surface area contributed by atoms with Crippen LogP contribution in [0.4, 0.5) is 10.5 Å². The van der Waals surface area contributed by atoms with E-state index in [9.17, 15) is 9.59 Å². The number of amides is 2. The van der Waals surface area contributed by atoms with Crippen LogP contribution in [-0.2, 0) is 4.74 Å². The Morgan fingerprint density at radius 1 is 1.14 bits per heavy atom. The first-order valence-electron chi connectivity index (χ1n) is 9.44. The molecule has 1 aliphatic rings. The minimum Gasteiger partial charge on any atom is -0.444 e. The van der Waals surface area contributed by atoms with E-state index in [0.29, 0.717) is 29.5 Å². The standard InChI is InChI=1S/C21H26ClN3O3/c1-21(2,3)28-20(27)24-12-9-17(10-13-24)25-11-5-8-18(25)19(26)23-16-7-4-6-15(22)14-16/h4-8,11,14,17H,9-10,12-13H2,1-3H3,(H,23,26). The maximum Gasteiger partial charge on any atom is 0.410 e. The lowest BCUT2D eigenvalue weighted by Crippen LogP contribution is -2.42. The van der Waals surface area contributed by atoms with E-state index in [2.05, 4.69) is 5.32 Å². The summed E-state index contributed by atoms with van der Waals surface area (Å²) in [6, 6.07) is 10.9. The van der Waals surface area contributed by atoms with Crippen LogP contribution < -0.4 is 5.32 Å². The van der Waals surface area contributed by atoms with E-state index in [1.165, 1.54) is 0 Å². The van der Waals surface area contributed by atoms with Crippen LogP contribution in [0.3, 0.4) is 0 Å². The molecule has 7 heteroatoms. The van der Waals surface area contributed by atoms with Gasteiger partial charge in [-0.15, -0.1) is 0 Å². The highest BCUT2D eigenvalue weighted by Gasteiger charge is 2.28. The molecule has 2 heterocycles. The van der Waals surface area contributed by atoms with Crippen LogP contribution in [0.15, 0.2) is 42.6 Å². The average Bonchev–Trinajstić information content (AvgIpc) is 3.10. The van der Waals surface area contributed by atoms with Crippen molar-refractivity contribution in [2.24, 2.45) is 0 Å². The van der Waals surface area contributed by atoms with E-state index < -0.39 is 5.60 Å². The van der Waals surface area contributed by atoms with Gasteiger partial charge in [0, 0.05) is 36.0 Å². The molecule has 1 aromatic heterocycles. The normalized spacial score (nSPS) is 15.4. The summed E-state index contributed by atoms with van der Waals surface area (Å²) < 4.78 is 7.44. The van der Waals surface area contributed by atoms with Crippen molar-refractivity contribution < 1.29 is 14.3 Å². The number of carbonyl (C=O) groups excluding carboxylic acids is 2. The molecule has 1 fully saturated rings. The Bertz CT molecular complexity index is 849. The minimum absolute atomic E-state index is 0.161. The largest absolute Gasteiger partial charge is 0.444 e. The molecule has 6 nitrogen and oxygen atoms in total. The van der Waals surface area contributed by atoms with Crippen LogP contribution >= 0.6 is 11.6 Å². The number of anilines is 1. The molecule has 2 amide bonds. The molecule has 3 rings (SSSR count). The molecule has 150 valence electrons. The number of hydrogen-bond donors (Lipinski definition) is 1. The van der Waals surface area contributed by atoms with Crippen LogP contribution in [-0.4, -0.2) is 40.2 Å². The summed E-state index contributed by atoms with van der Waals surface area (Å²) in [5.74, 6) is -0.179. The summed E-state index contributed by atoms with van der Waals surface area (Å²) in [5, 5.41) is 3.46. The van der Waals surface area contributed by atoms with Gasteiger partial charge in [-0.1, -0.05) is 17.7 Å². The quantitative estimate of drug-likeness (QED) is 0.787. The van der Waals surface area contributed by atoms with Crippen molar-refractivity contribution in [1.29, 1.82) is 0 Å². The Balaban J connectivity index is 1.63. The molecule has 1 N–H and O–H groups in total. The number of hydrogen-bond acceptors (Lipinski definition) is 3. The van der Waals surface area contributed by atoms with Crippen LogP contribution in [0.5, 0.6) is 0 Å². The number of carbonyl (C=O) groups is 2. The Kier molecular flexibility index (Phi) is 5.98. The molecule has 0 spiro atoms. The Morgan fingerprint density at radius 3 is 2.50 bits per heavy atom.